The summed E-state index contributed by atoms with van der Waals surface area (Å²) in [6.07, 6.45) is 3.41. The van der Waals surface area contributed by atoms with Crippen molar-refractivity contribution in [2.24, 2.45) is 13.0 Å². The Hall–Kier alpha value is -5.19. The molecule has 3 saturated heterocycles. The quantitative estimate of drug-likeness (QED) is 0.165. The van der Waals surface area contributed by atoms with E-state index in [4.69, 9.17) is 17.0 Å². The second-order valence-corrected chi connectivity index (χ2v) is 17.5. The van der Waals surface area contributed by atoms with Gasteiger partial charge in [-0.05, 0) is 115 Å². The molecular weight excluding hydrogens is 814 g/mol. The van der Waals surface area contributed by atoms with E-state index in [0.29, 0.717) is 34.9 Å². The van der Waals surface area contributed by atoms with Crippen molar-refractivity contribution in [1.82, 2.24) is 29.9 Å². The van der Waals surface area contributed by atoms with Crippen LogP contribution in [0.2, 0.25) is 0 Å². The van der Waals surface area contributed by atoms with Gasteiger partial charge in [-0.15, -0.1) is 0 Å². The molecule has 0 spiro atoms. The molecule has 2 aromatic heterocycles. The molecule has 3 aliphatic heterocycles. The van der Waals surface area contributed by atoms with Crippen molar-refractivity contribution in [2.75, 3.05) is 34.8 Å². The number of piperidine rings is 1. The van der Waals surface area contributed by atoms with Crippen LogP contribution >= 0.6 is 12.2 Å². The number of nitrogens with zero attached hydrogens (tertiary/aromatic N) is 8. The van der Waals surface area contributed by atoms with Crippen LogP contribution in [0, 0.1) is 17.2 Å². The first-order valence-electron chi connectivity index (χ1n) is 20.8. The molecule has 2 N–H and O–H groups in total. The maximum absolute atomic E-state index is 13.7. The van der Waals surface area contributed by atoms with Crippen LogP contribution in [0.5, 0.6) is 0 Å². The van der Waals surface area contributed by atoms with E-state index in [1.54, 1.807) is 31.6 Å². The predicted molar refractivity (Wildman–Crippen MR) is 224 cm³/mol. The average Bonchev–Trinajstić information content (AvgIpc) is 3.62. The number of para-hydroxylation sites is 1. The fourth-order valence-corrected chi connectivity index (χ4v) is 10.2. The van der Waals surface area contributed by atoms with Crippen LogP contribution in [0.1, 0.15) is 96.7 Å². The zero-order valence-corrected chi connectivity index (χ0v) is 35.7. The van der Waals surface area contributed by atoms with Crippen LogP contribution in [0.3, 0.4) is 0 Å². The zero-order valence-electron chi connectivity index (χ0n) is 34.9. The van der Waals surface area contributed by atoms with Crippen LogP contribution in [0.15, 0.2) is 30.5 Å². The minimum Gasteiger partial charge on any atom is -0.378 e. The lowest BCUT2D eigenvalue weighted by Gasteiger charge is -2.42. The number of imide groups is 1. The summed E-state index contributed by atoms with van der Waals surface area (Å²) in [6, 6.07) is 7.34. The Kier molecular flexibility index (Phi) is 12.4. The number of halogens is 3. The molecule has 5 amide bonds. The number of carbonyl (C=O) groups excluding carboxylic acids is 4. The van der Waals surface area contributed by atoms with E-state index in [2.05, 4.69) is 39.5 Å². The monoisotopic (exact) mass is 864 g/mol. The third kappa shape index (κ3) is 8.80. The normalized spacial score (nSPS) is 25.0. The van der Waals surface area contributed by atoms with Crippen molar-refractivity contribution >= 4 is 69.2 Å². The maximum atomic E-state index is 13.7. The van der Waals surface area contributed by atoms with Gasteiger partial charge in [0.05, 0.1) is 41.3 Å². The summed E-state index contributed by atoms with van der Waals surface area (Å²) in [7, 11) is 1.75. The van der Waals surface area contributed by atoms with Gasteiger partial charge in [0.2, 0.25) is 11.8 Å². The van der Waals surface area contributed by atoms with Crippen molar-refractivity contribution in [1.29, 1.82) is 5.26 Å². The first-order valence-corrected chi connectivity index (χ1v) is 21.2. The zero-order chi connectivity index (χ0) is 44.0. The molecule has 7 rings (SSSR count). The molecule has 4 aliphatic rings. The number of thiocarbonyl (C=S) groups is 1. The highest BCUT2D eigenvalue weighted by Crippen LogP contribution is 2.41. The van der Waals surface area contributed by atoms with E-state index >= 15 is 0 Å². The molecule has 3 atom stereocenters. The second-order valence-electron chi connectivity index (χ2n) is 17.2. The number of amides is 5. The fraction of sp³-hybridized carbons (Fsp3) is 0.571. The number of anilines is 3. The van der Waals surface area contributed by atoms with Crippen LogP contribution in [0.4, 0.5) is 35.2 Å². The number of ether oxygens (including phenoxy) is 1. The van der Waals surface area contributed by atoms with Crippen molar-refractivity contribution < 1.29 is 37.1 Å². The highest BCUT2D eigenvalue weighted by molar-refractivity contribution is 7.80. The number of likely N-dealkylation sites (tertiary alicyclic amines) is 1. The number of rotatable bonds is 11. The molecule has 326 valence electrons. The first kappa shape index (κ1) is 43.9. The van der Waals surface area contributed by atoms with Gasteiger partial charge in [0.25, 0.3) is 5.91 Å². The number of aromatic nitrogens is 3. The molecule has 5 heterocycles. The summed E-state index contributed by atoms with van der Waals surface area (Å²) < 4.78 is 49.2. The number of pyridine rings is 1. The number of hydrogen-bond donors (Lipinski definition) is 2. The Morgan fingerprint density at radius 3 is 2.48 bits per heavy atom. The topological polar surface area (TPSA) is 169 Å². The number of carbonyl (C=O) groups is 4. The summed E-state index contributed by atoms with van der Waals surface area (Å²) in [4.78, 5) is 61.6. The standard InChI is InChI=1S/C42H51F3N10O5S/c1-24-18-29(19-25(2)53(24)23-35(57)48-32-10-6-9-30-36(32)51(5)50-37(30)52-16-15-34(56)49-39(52)59)60-17-7-8-26-11-13-27(14-12-26)55-40(61)54(38(58)41(55,3)4)28-20-31(42(43,44)45)33(21-46)47-22-28/h6,9-10,20,22,24-27,29H,7-8,11-19,23H2,1-5H3,(H,48,57)(H,49,56,59)/t24-,25+,26-,27-,29?. The van der Waals surface area contributed by atoms with Crippen molar-refractivity contribution in [3.63, 3.8) is 0 Å². The van der Waals surface area contributed by atoms with Gasteiger partial charge in [0, 0.05) is 50.1 Å². The van der Waals surface area contributed by atoms with Gasteiger partial charge in [-0.1, -0.05) is 6.07 Å². The number of fused-ring (bicyclic) bond motifs is 1. The van der Waals surface area contributed by atoms with Gasteiger partial charge < -0.3 is 15.0 Å². The summed E-state index contributed by atoms with van der Waals surface area (Å²) >= 11 is 5.74. The van der Waals surface area contributed by atoms with E-state index in [9.17, 15) is 37.6 Å². The number of urea groups is 1. The molecule has 4 fully saturated rings. The molecule has 0 bridgehead atoms. The Morgan fingerprint density at radius 1 is 1.11 bits per heavy atom. The van der Waals surface area contributed by atoms with E-state index < -0.39 is 34.9 Å². The van der Waals surface area contributed by atoms with Gasteiger partial charge in [-0.3, -0.25) is 39.1 Å². The number of nitrogens with one attached hydrogen (secondary N) is 2. The molecule has 1 aliphatic carbocycles. The summed E-state index contributed by atoms with van der Waals surface area (Å²) in [5, 5.41) is 20.0. The number of aryl methyl sites for hydroxylation is 1. The predicted octanol–water partition coefficient (Wildman–Crippen LogP) is 6.25. The van der Waals surface area contributed by atoms with Crippen LogP contribution in [0.25, 0.3) is 10.9 Å². The van der Waals surface area contributed by atoms with Crippen molar-refractivity contribution in [3.05, 3.63) is 41.7 Å². The molecule has 3 aromatic rings. The van der Waals surface area contributed by atoms with Crippen LogP contribution in [-0.2, 0) is 32.3 Å². The highest BCUT2D eigenvalue weighted by Gasteiger charge is 2.53. The average molecular weight is 865 g/mol. The Bertz CT molecular complexity index is 2260. The smallest absolute Gasteiger partial charge is 0.378 e. The minimum absolute atomic E-state index is 0.0486. The Morgan fingerprint density at radius 2 is 1.82 bits per heavy atom. The molecule has 1 saturated carbocycles. The number of hydrogen-bond acceptors (Lipinski definition) is 10. The second kappa shape index (κ2) is 17.3. The van der Waals surface area contributed by atoms with Gasteiger partial charge >= 0.3 is 12.2 Å². The molecule has 1 unspecified atom stereocenters. The third-order valence-electron chi connectivity index (χ3n) is 12.7. The van der Waals surface area contributed by atoms with Gasteiger partial charge in [-0.25, -0.2) is 9.78 Å². The van der Waals surface area contributed by atoms with E-state index in [1.165, 1.54) is 11.0 Å². The SMILES string of the molecule is C[C@@H]1CC(OCCC[C@H]2CC[C@H](N3C(=S)N(c4cnc(C#N)c(C(F)(F)F)c4)C(=O)C3(C)C)CC2)C[C@H](C)N1CC(=O)Nc1cccc2c(N3CCC(=O)NC3=O)nn(C)c12. The summed E-state index contributed by atoms with van der Waals surface area (Å²) in [5.74, 6) is -0.0281. The number of nitriles is 1. The van der Waals surface area contributed by atoms with Crippen molar-refractivity contribution in [2.45, 2.75) is 121 Å². The summed E-state index contributed by atoms with van der Waals surface area (Å²) in [6.45, 7) is 8.74. The fourth-order valence-electron chi connectivity index (χ4n) is 9.60. The molecule has 61 heavy (non-hydrogen) atoms. The lowest BCUT2D eigenvalue weighted by molar-refractivity contribution is -0.138. The third-order valence-corrected chi connectivity index (χ3v) is 13.0. The lowest BCUT2D eigenvalue weighted by Crippen LogP contribution is -2.51. The van der Waals surface area contributed by atoms with Crippen LogP contribution < -0.4 is 20.4 Å². The Balaban J connectivity index is 0.861. The van der Waals surface area contributed by atoms with Crippen LogP contribution in [-0.4, -0.2) is 103 Å². The lowest BCUT2D eigenvalue weighted by atomic mass is 9.82. The minimum atomic E-state index is -4.82. The maximum Gasteiger partial charge on any atom is 0.419 e. The highest BCUT2D eigenvalue weighted by atomic mass is 32.1. The van der Waals surface area contributed by atoms with Crippen molar-refractivity contribution in [3.8, 4) is 6.07 Å². The van der Waals surface area contributed by atoms with Gasteiger partial charge in [-0.2, -0.15) is 23.5 Å². The molecule has 1 aromatic carbocycles. The Labute approximate surface area is 357 Å². The molecular formula is C42H51F3N10O5S. The van der Waals surface area contributed by atoms with E-state index in [-0.39, 0.29) is 66.4 Å². The summed E-state index contributed by atoms with van der Waals surface area (Å²) in [5.41, 5.74) is -1.89. The first-order chi connectivity index (χ1) is 28.9. The largest absolute Gasteiger partial charge is 0.419 e. The van der Waals surface area contributed by atoms with E-state index in [1.807, 2.05) is 17.0 Å². The van der Waals surface area contributed by atoms with Gasteiger partial charge in [0.1, 0.15) is 11.6 Å². The molecule has 15 nitrogen and oxygen atoms in total. The number of alkyl halides is 3. The molecule has 0 radical (unpaired) electrons. The van der Waals surface area contributed by atoms with Gasteiger partial charge in [0.15, 0.2) is 16.6 Å². The van der Waals surface area contributed by atoms with E-state index in [0.717, 1.165) is 68.5 Å². The number of benzene rings is 1. The molecule has 19 heteroatoms.